The SMILES string of the molecule is C=CCc1cc(CC(Cc2ccccn2)C(=O)O)ccc1O. The average molecular weight is 297 g/mol. The van der Waals surface area contributed by atoms with Crippen LogP contribution in [0.25, 0.3) is 0 Å². The van der Waals surface area contributed by atoms with Crippen LogP contribution in [0, 0.1) is 5.92 Å². The number of benzene rings is 1. The van der Waals surface area contributed by atoms with Crippen LogP contribution < -0.4 is 0 Å². The molecule has 0 amide bonds. The summed E-state index contributed by atoms with van der Waals surface area (Å²) in [6.45, 7) is 3.66. The van der Waals surface area contributed by atoms with E-state index in [0.29, 0.717) is 19.3 Å². The third-order valence-electron chi connectivity index (χ3n) is 3.52. The highest BCUT2D eigenvalue weighted by Gasteiger charge is 2.19. The Morgan fingerprint density at radius 3 is 2.73 bits per heavy atom. The number of aromatic nitrogens is 1. The Morgan fingerprint density at radius 1 is 1.27 bits per heavy atom. The number of carbonyl (C=O) groups is 1. The third kappa shape index (κ3) is 4.19. The minimum Gasteiger partial charge on any atom is -0.508 e. The lowest BCUT2D eigenvalue weighted by atomic mass is 9.93. The zero-order chi connectivity index (χ0) is 15.9. The number of aromatic hydroxyl groups is 1. The molecule has 1 aromatic carbocycles. The van der Waals surface area contributed by atoms with Crippen molar-refractivity contribution >= 4 is 5.97 Å². The molecule has 2 aromatic rings. The molecule has 22 heavy (non-hydrogen) atoms. The van der Waals surface area contributed by atoms with Crippen molar-refractivity contribution in [2.24, 2.45) is 5.92 Å². The number of pyridine rings is 1. The second-order valence-corrected chi connectivity index (χ2v) is 5.22. The number of nitrogens with zero attached hydrogens (tertiary/aromatic N) is 1. The van der Waals surface area contributed by atoms with E-state index in [1.807, 2.05) is 18.2 Å². The van der Waals surface area contributed by atoms with Gasteiger partial charge >= 0.3 is 5.97 Å². The van der Waals surface area contributed by atoms with E-state index >= 15 is 0 Å². The van der Waals surface area contributed by atoms with Crippen molar-refractivity contribution < 1.29 is 15.0 Å². The van der Waals surface area contributed by atoms with Crippen LogP contribution in [-0.2, 0) is 24.1 Å². The number of rotatable bonds is 7. The van der Waals surface area contributed by atoms with E-state index in [9.17, 15) is 15.0 Å². The monoisotopic (exact) mass is 297 g/mol. The normalized spacial score (nSPS) is 11.8. The molecule has 4 nitrogen and oxygen atoms in total. The predicted octanol–water partition coefficient (Wildman–Crippen LogP) is 3.00. The van der Waals surface area contributed by atoms with Crippen LogP contribution in [0.4, 0.5) is 0 Å². The molecule has 4 heteroatoms. The van der Waals surface area contributed by atoms with Gasteiger partial charge in [-0.2, -0.15) is 0 Å². The van der Waals surface area contributed by atoms with Gasteiger partial charge in [-0.1, -0.05) is 24.3 Å². The Bertz CT molecular complexity index is 653. The van der Waals surface area contributed by atoms with E-state index < -0.39 is 11.9 Å². The number of allylic oxidation sites excluding steroid dienone is 1. The number of carboxylic acid groups (broad SMARTS) is 1. The fourth-order valence-electron chi connectivity index (χ4n) is 2.39. The van der Waals surface area contributed by atoms with Crippen molar-refractivity contribution in [1.29, 1.82) is 0 Å². The van der Waals surface area contributed by atoms with Gasteiger partial charge in [0.25, 0.3) is 0 Å². The smallest absolute Gasteiger partial charge is 0.307 e. The molecule has 0 saturated carbocycles. The van der Waals surface area contributed by atoms with E-state index in [4.69, 9.17) is 0 Å². The number of phenolic OH excluding ortho intramolecular Hbond substituents is 1. The fraction of sp³-hybridized carbons (Fsp3) is 0.222. The van der Waals surface area contributed by atoms with Gasteiger partial charge in [0, 0.05) is 18.3 Å². The Morgan fingerprint density at radius 2 is 2.09 bits per heavy atom. The quantitative estimate of drug-likeness (QED) is 0.771. The minimum atomic E-state index is -0.844. The summed E-state index contributed by atoms with van der Waals surface area (Å²) in [5.74, 6) is -1.18. The van der Waals surface area contributed by atoms with Gasteiger partial charge in [-0.05, 0) is 42.2 Å². The molecule has 1 heterocycles. The second-order valence-electron chi connectivity index (χ2n) is 5.22. The van der Waals surface area contributed by atoms with Crippen LogP contribution in [0.3, 0.4) is 0 Å². The highest BCUT2D eigenvalue weighted by molar-refractivity contribution is 5.70. The van der Waals surface area contributed by atoms with Crippen LogP contribution in [0.1, 0.15) is 16.8 Å². The zero-order valence-corrected chi connectivity index (χ0v) is 12.3. The molecule has 0 aliphatic rings. The molecule has 114 valence electrons. The highest BCUT2D eigenvalue weighted by Crippen LogP contribution is 2.22. The Kier molecular flexibility index (Phi) is 5.31. The average Bonchev–Trinajstić information content (AvgIpc) is 2.51. The Labute approximate surface area is 129 Å². The molecule has 1 aromatic heterocycles. The summed E-state index contributed by atoms with van der Waals surface area (Å²) in [6.07, 6.45) is 4.71. The standard InChI is InChI=1S/C18H19NO3/c1-2-5-14-10-13(7-8-17(14)20)11-15(18(21)22)12-16-6-3-4-9-19-16/h2-4,6-10,15,20H,1,5,11-12H2,(H,21,22). The van der Waals surface area contributed by atoms with Crippen molar-refractivity contribution in [3.05, 3.63) is 72.1 Å². The molecule has 0 bridgehead atoms. The maximum absolute atomic E-state index is 11.5. The van der Waals surface area contributed by atoms with E-state index in [1.165, 1.54) is 0 Å². The van der Waals surface area contributed by atoms with E-state index in [-0.39, 0.29) is 5.75 Å². The zero-order valence-electron chi connectivity index (χ0n) is 12.3. The molecule has 2 N–H and O–H groups in total. The topological polar surface area (TPSA) is 70.4 Å². The van der Waals surface area contributed by atoms with Crippen LogP contribution >= 0.6 is 0 Å². The number of carboxylic acids is 1. The first-order chi connectivity index (χ1) is 10.6. The van der Waals surface area contributed by atoms with Crippen molar-refractivity contribution in [3.63, 3.8) is 0 Å². The van der Waals surface area contributed by atoms with Crippen molar-refractivity contribution in [2.75, 3.05) is 0 Å². The molecule has 0 aliphatic carbocycles. The van der Waals surface area contributed by atoms with Crippen LogP contribution in [0.15, 0.2) is 55.3 Å². The molecule has 2 rings (SSSR count). The van der Waals surface area contributed by atoms with Gasteiger partial charge in [0.2, 0.25) is 0 Å². The summed E-state index contributed by atoms with van der Waals surface area (Å²) in [5.41, 5.74) is 2.41. The van der Waals surface area contributed by atoms with E-state index in [0.717, 1.165) is 16.8 Å². The molecule has 0 radical (unpaired) electrons. The largest absolute Gasteiger partial charge is 0.508 e. The minimum absolute atomic E-state index is 0.209. The van der Waals surface area contributed by atoms with Crippen molar-refractivity contribution in [1.82, 2.24) is 4.98 Å². The second kappa shape index (κ2) is 7.41. The summed E-state index contributed by atoms with van der Waals surface area (Å²) in [7, 11) is 0. The van der Waals surface area contributed by atoms with Gasteiger partial charge in [0.15, 0.2) is 0 Å². The molecular weight excluding hydrogens is 278 g/mol. The Balaban J connectivity index is 2.16. The summed E-state index contributed by atoms with van der Waals surface area (Å²) in [6, 6.07) is 10.7. The van der Waals surface area contributed by atoms with Crippen molar-refractivity contribution in [3.8, 4) is 5.75 Å². The first-order valence-electron chi connectivity index (χ1n) is 7.14. The lowest BCUT2D eigenvalue weighted by Crippen LogP contribution is -2.19. The van der Waals surface area contributed by atoms with Gasteiger partial charge in [0.05, 0.1) is 5.92 Å². The number of hydrogen-bond acceptors (Lipinski definition) is 3. The third-order valence-corrected chi connectivity index (χ3v) is 3.52. The van der Waals surface area contributed by atoms with E-state index in [1.54, 1.807) is 30.5 Å². The van der Waals surface area contributed by atoms with Gasteiger partial charge in [-0.15, -0.1) is 6.58 Å². The van der Waals surface area contributed by atoms with Crippen LogP contribution in [-0.4, -0.2) is 21.2 Å². The number of phenols is 1. The molecule has 0 aliphatic heterocycles. The number of hydrogen-bond donors (Lipinski definition) is 2. The highest BCUT2D eigenvalue weighted by atomic mass is 16.4. The van der Waals surface area contributed by atoms with Crippen LogP contribution in [0.5, 0.6) is 5.75 Å². The van der Waals surface area contributed by atoms with Gasteiger partial charge < -0.3 is 10.2 Å². The van der Waals surface area contributed by atoms with Gasteiger partial charge in [0.1, 0.15) is 5.75 Å². The lowest BCUT2D eigenvalue weighted by molar-refractivity contribution is -0.141. The molecular formula is C18H19NO3. The maximum Gasteiger partial charge on any atom is 0.307 e. The molecule has 1 atom stereocenters. The first-order valence-corrected chi connectivity index (χ1v) is 7.14. The first kappa shape index (κ1) is 15.8. The summed E-state index contributed by atoms with van der Waals surface area (Å²) in [5, 5.41) is 19.2. The molecule has 0 spiro atoms. The number of aliphatic carboxylic acids is 1. The van der Waals surface area contributed by atoms with E-state index in [2.05, 4.69) is 11.6 Å². The molecule has 0 fully saturated rings. The Hall–Kier alpha value is -2.62. The van der Waals surface area contributed by atoms with Gasteiger partial charge in [-0.3, -0.25) is 9.78 Å². The molecule has 1 unspecified atom stereocenters. The summed E-state index contributed by atoms with van der Waals surface area (Å²) < 4.78 is 0. The summed E-state index contributed by atoms with van der Waals surface area (Å²) in [4.78, 5) is 15.7. The van der Waals surface area contributed by atoms with Crippen LogP contribution in [0.2, 0.25) is 0 Å². The lowest BCUT2D eigenvalue weighted by Gasteiger charge is -2.13. The van der Waals surface area contributed by atoms with Gasteiger partial charge in [-0.25, -0.2) is 0 Å². The molecule has 0 saturated heterocycles. The summed E-state index contributed by atoms with van der Waals surface area (Å²) >= 11 is 0. The van der Waals surface area contributed by atoms with Crippen molar-refractivity contribution in [2.45, 2.75) is 19.3 Å². The maximum atomic E-state index is 11.5. The fourth-order valence-corrected chi connectivity index (χ4v) is 2.39. The predicted molar refractivity (Wildman–Crippen MR) is 84.8 cm³/mol.